The molecule has 3 nitrogen and oxygen atoms in total. The Balaban J connectivity index is 1.76. The van der Waals surface area contributed by atoms with Gasteiger partial charge in [0, 0.05) is 23.7 Å². The van der Waals surface area contributed by atoms with Crippen molar-refractivity contribution in [2.75, 3.05) is 0 Å². The van der Waals surface area contributed by atoms with Crippen molar-refractivity contribution in [1.82, 2.24) is 15.2 Å². The molecular formula is C19H19N3S. The SMILES string of the molecule is Cc1cc(C)c(-c2ccc(SCc3cccnc3)nn2)cc1C. The number of rotatable bonds is 4. The number of aryl methyl sites for hydroxylation is 3. The molecule has 0 fully saturated rings. The lowest BCUT2D eigenvalue weighted by atomic mass is 9.99. The minimum atomic E-state index is 0.852. The van der Waals surface area contributed by atoms with Crippen LogP contribution in [0, 0.1) is 20.8 Å². The van der Waals surface area contributed by atoms with E-state index in [0.717, 1.165) is 22.0 Å². The third kappa shape index (κ3) is 3.77. The Morgan fingerprint density at radius 3 is 2.43 bits per heavy atom. The Bertz CT molecular complexity index is 799. The molecule has 0 radical (unpaired) electrons. The van der Waals surface area contributed by atoms with Crippen LogP contribution < -0.4 is 0 Å². The van der Waals surface area contributed by atoms with E-state index in [1.54, 1.807) is 18.0 Å². The van der Waals surface area contributed by atoms with Gasteiger partial charge >= 0.3 is 0 Å². The summed E-state index contributed by atoms with van der Waals surface area (Å²) in [7, 11) is 0. The molecule has 2 heterocycles. The molecule has 3 rings (SSSR count). The van der Waals surface area contributed by atoms with Crippen molar-refractivity contribution in [3.05, 3.63) is 71.0 Å². The van der Waals surface area contributed by atoms with Gasteiger partial charge in [-0.2, -0.15) is 0 Å². The maximum absolute atomic E-state index is 4.41. The minimum absolute atomic E-state index is 0.852. The summed E-state index contributed by atoms with van der Waals surface area (Å²) < 4.78 is 0. The van der Waals surface area contributed by atoms with Crippen LogP contribution in [0.1, 0.15) is 22.3 Å². The van der Waals surface area contributed by atoms with E-state index in [2.05, 4.69) is 60.2 Å². The number of hydrogen-bond acceptors (Lipinski definition) is 4. The summed E-state index contributed by atoms with van der Waals surface area (Å²) in [6.07, 6.45) is 3.67. The lowest BCUT2D eigenvalue weighted by Gasteiger charge is -2.09. The molecule has 0 saturated heterocycles. The first kappa shape index (κ1) is 15.7. The Morgan fingerprint density at radius 2 is 1.74 bits per heavy atom. The first-order valence-electron chi connectivity index (χ1n) is 7.57. The van der Waals surface area contributed by atoms with Crippen molar-refractivity contribution >= 4 is 11.8 Å². The maximum Gasteiger partial charge on any atom is 0.119 e. The van der Waals surface area contributed by atoms with E-state index in [1.807, 2.05) is 18.3 Å². The largest absolute Gasteiger partial charge is 0.264 e. The maximum atomic E-state index is 4.41. The molecule has 23 heavy (non-hydrogen) atoms. The molecule has 116 valence electrons. The van der Waals surface area contributed by atoms with E-state index in [-0.39, 0.29) is 0 Å². The van der Waals surface area contributed by atoms with Gasteiger partial charge in [-0.15, -0.1) is 10.2 Å². The van der Waals surface area contributed by atoms with Gasteiger partial charge in [-0.05, 0) is 67.3 Å². The number of hydrogen-bond donors (Lipinski definition) is 0. The van der Waals surface area contributed by atoms with Crippen molar-refractivity contribution in [1.29, 1.82) is 0 Å². The fraction of sp³-hybridized carbons (Fsp3) is 0.211. The van der Waals surface area contributed by atoms with Gasteiger partial charge in [0.05, 0.1) is 5.69 Å². The second-order valence-corrected chi connectivity index (χ2v) is 6.65. The van der Waals surface area contributed by atoms with E-state index in [9.17, 15) is 0 Å². The standard InChI is InChI=1S/C19H19N3S/c1-13-9-15(3)17(10-14(13)2)18-6-7-19(22-21-18)23-12-16-5-4-8-20-11-16/h4-11H,12H2,1-3H3. The number of aromatic nitrogens is 3. The smallest absolute Gasteiger partial charge is 0.119 e. The highest BCUT2D eigenvalue weighted by molar-refractivity contribution is 7.98. The Morgan fingerprint density at radius 1 is 0.913 bits per heavy atom. The van der Waals surface area contributed by atoms with Crippen LogP contribution in [0.2, 0.25) is 0 Å². The lowest BCUT2D eigenvalue weighted by Crippen LogP contribution is -1.94. The van der Waals surface area contributed by atoms with Crippen LogP contribution in [-0.2, 0) is 5.75 Å². The summed E-state index contributed by atoms with van der Waals surface area (Å²) in [6, 6.07) is 12.5. The normalized spacial score (nSPS) is 10.7. The van der Waals surface area contributed by atoms with E-state index in [0.29, 0.717) is 0 Å². The highest BCUT2D eigenvalue weighted by atomic mass is 32.2. The van der Waals surface area contributed by atoms with Gasteiger partial charge in [0.2, 0.25) is 0 Å². The molecule has 0 aliphatic heterocycles. The van der Waals surface area contributed by atoms with Crippen LogP contribution in [-0.4, -0.2) is 15.2 Å². The molecule has 0 bridgehead atoms. The van der Waals surface area contributed by atoms with E-state index < -0.39 is 0 Å². The quantitative estimate of drug-likeness (QED) is 0.650. The summed E-state index contributed by atoms with van der Waals surface area (Å²) in [4.78, 5) is 4.13. The van der Waals surface area contributed by atoms with E-state index in [1.165, 1.54) is 22.3 Å². The molecule has 4 heteroatoms. The molecule has 0 unspecified atom stereocenters. The summed E-state index contributed by atoms with van der Waals surface area (Å²) in [5, 5.41) is 9.69. The van der Waals surface area contributed by atoms with Crippen molar-refractivity contribution in [3.8, 4) is 11.3 Å². The van der Waals surface area contributed by atoms with Gasteiger partial charge in [0.15, 0.2) is 0 Å². The highest BCUT2D eigenvalue weighted by Gasteiger charge is 2.07. The van der Waals surface area contributed by atoms with Gasteiger partial charge in [-0.25, -0.2) is 0 Å². The molecule has 0 aliphatic carbocycles. The van der Waals surface area contributed by atoms with Gasteiger partial charge in [-0.3, -0.25) is 4.98 Å². The van der Waals surface area contributed by atoms with Gasteiger partial charge < -0.3 is 0 Å². The lowest BCUT2D eigenvalue weighted by molar-refractivity contribution is 0.934. The monoisotopic (exact) mass is 321 g/mol. The first-order valence-corrected chi connectivity index (χ1v) is 8.55. The summed E-state index contributed by atoms with van der Waals surface area (Å²) in [5.74, 6) is 0.852. The second-order valence-electron chi connectivity index (χ2n) is 5.66. The minimum Gasteiger partial charge on any atom is -0.264 e. The van der Waals surface area contributed by atoms with E-state index >= 15 is 0 Å². The molecule has 0 N–H and O–H groups in total. The summed E-state index contributed by atoms with van der Waals surface area (Å²) in [5.41, 5.74) is 7.09. The third-order valence-corrected chi connectivity index (χ3v) is 4.86. The second kappa shape index (κ2) is 6.92. The summed E-state index contributed by atoms with van der Waals surface area (Å²) >= 11 is 1.67. The number of benzene rings is 1. The average molecular weight is 321 g/mol. The van der Waals surface area contributed by atoms with Crippen LogP contribution in [0.25, 0.3) is 11.3 Å². The Kier molecular flexibility index (Phi) is 4.72. The van der Waals surface area contributed by atoms with Crippen molar-refractivity contribution in [2.45, 2.75) is 31.6 Å². The fourth-order valence-corrected chi connectivity index (χ4v) is 3.17. The Hall–Kier alpha value is -2.20. The zero-order valence-corrected chi connectivity index (χ0v) is 14.4. The highest BCUT2D eigenvalue weighted by Crippen LogP contribution is 2.26. The summed E-state index contributed by atoms with van der Waals surface area (Å²) in [6.45, 7) is 6.38. The molecular weight excluding hydrogens is 302 g/mol. The number of nitrogens with zero attached hydrogens (tertiary/aromatic N) is 3. The van der Waals surface area contributed by atoms with Gasteiger partial charge in [0.25, 0.3) is 0 Å². The topological polar surface area (TPSA) is 38.7 Å². The number of pyridine rings is 1. The predicted molar refractivity (Wildman–Crippen MR) is 95.5 cm³/mol. The van der Waals surface area contributed by atoms with Gasteiger partial charge in [-0.1, -0.05) is 23.9 Å². The molecule has 0 spiro atoms. The van der Waals surface area contributed by atoms with Crippen LogP contribution in [0.5, 0.6) is 0 Å². The van der Waals surface area contributed by atoms with E-state index in [4.69, 9.17) is 0 Å². The molecule has 1 aromatic carbocycles. The molecule has 0 aliphatic rings. The van der Waals surface area contributed by atoms with Crippen molar-refractivity contribution in [2.24, 2.45) is 0 Å². The zero-order valence-electron chi connectivity index (χ0n) is 13.6. The molecule has 0 saturated carbocycles. The van der Waals surface area contributed by atoms with Crippen LogP contribution >= 0.6 is 11.8 Å². The predicted octanol–water partition coefficient (Wildman–Crippen LogP) is 4.76. The zero-order chi connectivity index (χ0) is 16.2. The molecule has 3 aromatic rings. The van der Waals surface area contributed by atoms with Crippen molar-refractivity contribution in [3.63, 3.8) is 0 Å². The van der Waals surface area contributed by atoms with Crippen LogP contribution in [0.15, 0.2) is 53.8 Å². The average Bonchev–Trinajstić information content (AvgIpc) is 2.58. The molecule has 0 atom stereocenters. The number of thioether (sulfide) groups is 1. The van der Waals surface area contributed by atoms with Crippen LogP contribution in [0.3, 0.4) is 0 Å². The first-order chi connectivity index (χ1) is 11.1. The fourth-order valence-electron chi connectivity index (χ4n) is 2.42. The van der Waals surface area contributed by atoms with Gasteiger partial charge in [0.1, 0.15) is 5.03 Å². The molecule has 0 amide bonds. The molecule has 2 aromatic heterocycles. The third-order valence-electron chi connectivity index (χ3n) is 3.87. The van der Waals surface area contributed by atoms with Crippen LogP contribution in [0.4, 0.5) is 0 Å². The Labute approximate surface area is 141 Å². The van der Waals surface area contributed by atoms with Crippen molar-refractivity contribution < 1.29 is 0 Å².